The Morgan fingerprint density at radius 3 is 2.42 bits per heavy atom. The first-order valence-corrected chi connectivity index (χ1v) is 9.20. The minimum Gasteiger partial charge on any atom is -0.358 e. The quantitative estimate of drug-likeness (QED) is 0.549. The van der Waals surface area contributed by atoms with Gasteiger partial charge in [0.05, 0.1) is 21.1 Å². The van der Waals surface area contributed by atoms with Crippen LogP contribution in [0.15, 0.2) is 60.8 Å². The van der Waals surface area contributed by atoms with E-state index in [2.05, 4.69) is 27.8 Å². The molecule has 0 spiro atoms. The van der Waals surface area contributed by atoms with Gasteiger partial charge in [0.25, 0.3) is 0 Å². The minimum atomic E-state index is -0.343. The highest BCUT2D eigenvalue weighted by Gasteiger charge is 2.26. The standard InChI is InChI=1S/C18H14BrClFN.C2H6/c1-11-14(19)10-13(12-6-3-2-4-7-12)18(22-11)17-15(20)8-5-9-16(17)21;1-2/h2-9,14,22H,1,10H2;1-2H3. The van der Waals surface area contributed by atoms with Crippen molar-refractivity contribution in [2.45, 2.75) is 25.1 Å². The second-order valence-electron chi connectivity index (χ2n) is 5.14. The number of alkyl halides is 1. The zero-order valence-corrected chi connectivity index (χ0v) is 16.1. The van der Waals surface area contributed by atoms with Crippen molar-refractivity contribution in [1.29, 1.82) is 0 Å². The van der Waals surface area contributed by atoms with Crippen molar-refractivity contribution in [3.63, 3.8) is 0 Å². The van der Waals surface area contributed by atoms with Crippen LogP contribution in [0.5, 0.6) is 0 Å². The molecule has 0 fully saturated rings. The fourth-order valence-corrected chi connectivity index (χ4v) is 3.27. The third-order valence-electron chi connectivity index (χ3n) is 3.68. The smallest absolute Gasteiger partial charge is 0.134 e. The second kappa shape index (κ2) is 8.50. The van der Waals surface area contributed by atoms with E-state index in [1.165, 1.54) is 6.07 Å². The van der Waals surface area contributed by atoms with E-state index >= 15 is 0 Å². The topological polar surface area (TPSA) is 12.0 Å². The van der Waals surface area contributed by atoms with Crippen LogP contribution in [0.1, 0.15) is 31.4 Å². The van der Waals surface area contributed by atoms with Crippen LogP contribution in [0, 0.1) is 5.82 Å². The van der Waals surface area contributed by atoms with Crippen molar-refractivity contribution in [1.82, 2.24) is 5.32 Å². The molecule has 2 aromatic carbocycles. The van der Waals surface area contributed by atoms with Gasteiger partial charge in [-0.2, -0.15) is 0 Å². The summed E-state index contributed by atoms with van der Waals surface area (Å²) in [7, 11) is 0. The second-order valence-corrected chi connectivity index (χ2v) is 6.65. The molecule has 1 atom stereocenters. The van der Waals surface area contributed by atoms with Gasteiger partial charge in [-0.15, -0.1) is 0 Å². The summed E-state index contributed by atoms with van der Waals surface area (Å²) >= 11 is 9.85. The number of hydrogen-bond acceptors (Lipinski definition) is 1. The van der Waals surface area contributed by atoms with Gasteiger partial charge >= 0.3 is 0 Å². The van der Waals surface area contributed by atoms with Gasteiger partial charge in [0.2, 0.25) is 0 Å². The highest BCUT2D eigenvalue weighted by atomic mass is 79.9. The Labute approximate surface area is 156 Å². The van der Waals surface area contributed by atoms with Crippen molar-refractivity contribution in [2.24, 2.45) is 0 Å². The summed E-state index contributed by atoms with van der Waals surface area (Å²) < 4.78 is 14.3. The average molecular weight is 409 g/mol. The van der Waals surface area contributed by atoms with Crippen LogP contribution in [-0.2, 0) is 0 Å². The lowest BCUT2D eigenvalue weighted by Gasteiger charge is -2.29. The fraction of sp³-hybridized carbons (Fsp3) is 0.200. The van der Waals surface area contributed by atoms with Crippen molar-refractivity contribution in [2.75, 3.05) is 0 Å². The van der Waals surface area contributed by atoms with Crippen LogP contribution < -0.4 is 5.32 Å². The summed E-state index contributed by atoms with van der Waals surface area (Å²) in [5.41, 5.74) is 3.94. The maximum absolute atomic E-state index is 14.3. The molecule has 0 aliphatic carbocycles. The maximum atomic E-state index is 14.3. The maximum Gasteiger partial charge on any atom is 0.134 e. The summed E-state index contributed by atoms with van der Waals surface area (Å²) in [4.78, 5) is 0.0944. The third-order valence-corrected chi connectivity index (χ3v) is 4.88. The molecule has 1 unspecified atom stereocenters. The van der Waals surface area contributed by atoms with Gasteiger partial charge in [0.1, 0.15) is 5.82 Å². The van der Waals surface area contributed by atoms with E-state index in [9.17, 15) is 4.39 Å². The van der Waals surface area contributed by atoms with Gasteiger partial charge in [0, 0.05) is 5.70 Å². The monoisotopic (exact) mass is 407 g/mol. The van der Waals surface area contributed by atoms with E-state index in [0.29, 0.717) is 16.3 Å². The fourth-order valence-electron chi connectivity index (χ4n) is 2.57. The van der Waals surface area contributed by atoms with Crippen LogP contribution in [0.2, 0.25) is 5.02 Å². The lowest BCUT2D eigenvalue weighted by atomic mass is 9.91. The van der Waals surface area contributed by atoms with Gasteiger partial charge in [-0.3, -0.25) is 0 Å². The number of rotatable bonds is 2. The Morgan fingerprint density at radius 2 is 1.79 bits per heavy atom. The van der Waals surface area contributed by atoms with Crippen LogP contribution in [0.3, 0.4) is 0 Å². The first-order chi connectivity index (χ1) is 11.6. The Hall–Kier alpha value is -1.58. The average Bonchev–Trinajstić information content (AvgIpc) is 2.60. The molecule has 0 amide bonds. The molecule has 1 N–H and O–H groups in total. The molecule has 1 aliphatic rings. The largest absolute Gasteiger partial charge is 0.358 e. The molecule has 4 heteroatoms. The molecule has 0 aromatic heterocycles. The Bertz CT molecular complexity index is 735. The van der Waals surface area contributed by atoms with Crippen LogP contribution >= 0.6 is 27.5 Å². The summed E-state index contributed by atoms with van der Waals surface area (Å²) in [5.74, 6) is -0.343. The molecule has 1 heterocycles. The number of nitrogens with one attached hydrogen (secondary N) is 1. The molecule has 0 saturated carbocycles. The van der Waals surface area contributed by atoms with Crippen molar-refractivity contribution < 1.29 is 4.39 Å². The zero-order valence-electron chi connectivity index (χ0n) is 13.7. The highest BCUT2D eigenvalue weighted by Crippen LogP contribution is 2.39. The lowest BCUT2D eigenvalue weighted by molar-refractivity contribution is 0.622. The third kappa shape index (κ3) is 3.90. The normalized spacial score (nSPS) is 17.0. The number of benzene rings is 2. The molecule has 0 radical (unpaired) electrons. The van der Waals surface area contributed by atoms with Gasteiger partial charge < -0.3 is 5.32 Å². The van der Waals surface area contributed by atoms with E-state index in [-0.39, 0.29) is 10.6 Å². The van der Waals surface area contributed by atoms with Crippen molar-refractivity contribution in [3.05, 3.63) is 82.8 Å². The van der Waals surface area contributed by atoms with Gasteiger partial charge in [-0.05, 0) is 29.7 Å². The van der Waals surface area contributed by atoms with E-state index < -0.39 is 0 Å². The van der Waals surface area contributed by atoms with E-state index in [4.69, 9.17) is 11.6 Å². The lowest BCUT2D eigenvalue weighted by Crippen LogP contribution is -2.26. The predicted octanol–water partition coefficient (Wildman–Crippen LogP) is 6.64. The van der Waals surface area contributed by atoms with Crippen LogP contribution in [-0.4, -0.2) is 4.83 Å². The summed E-state index contributed by atoms with van der Waals surface area (Å²) in [6, 6.07) is 14.6. The zero-order chi connectivity index (χ0) is 17.7. The van der Waals surface area contributed by atoms with Crippen molar-refractivity contribution >= 4 is 38.8 Å². The highest BCUT2D eigenvalue weighted by molar-refractivity contribution is 9.09. The summed E-state index contributed by atoms with van der Waals surface area (Å²) in [6.45, 7) is 8.00. The Balaban J connectivity index is 0.00000100. The van der Waals surface area contributed by atoms with Crippen molar-refractivity contribution in [3.8, 4) is 0 Å². The first kappa shape index (κ1) is 18.8. The van der Waals surface area contributed by atoms with E-state index in [1.807, 2.05) is 44.2 Å². The molecule has 0 saturated heterocycles. The SMILES string of the molecule is C=C1NC(c2c(F)cccc2Cl)=C(c2ccccc2)CC1Br.CC. The van der Waals surface area contributed by atoms with E-state index in [0.717, 1.165) is 23.3 Å². The Kier molecular flexibility index (Phi) is 6.64. The summed E-state index contributed by atoms with van der Waals surface area (Å²) in [6.07, 6.45) is 0.718. The van der Waals surface area contributed by atoms with Gasteiger partial charge in [0.15, 0.2) is 0 Å². The molecule has 1 aliphatic heterocycles. The predicted molar refractivity (Wildman–Crippen MR) is 106 cm³/mol. The molecular weight excluding hydrogens is 389 g/mol. The summed E-state index contributed by atoms with van der Waals surface area (Å²) in [5, 5.41) is 3.61. The first-order valence-electron chi connectivity index (χ1n) is 7.90. The van der Waals surface area contributed by atoms with Crippen LogP contribution in [0.25, 0.3) is 11.3 Å². The molecule has 1 nitrogen and oxygen atoms in total. The number of allylic oxidation sites excluding steroid dienone is 2. The molecule has 2 aromatic rings. The van der Waals surface area contributed by atoms with Gasteiger partial charge in [-0.25, -0.2) is 4.39 Å². The number of halogens is 3. The van der Waals surface area contributed by atoms with E-state index in [1.54, 1.807) is 12.1 Å². The molecule has 24 heavy (non-hydrogen) atoms. The number of hydrogen-bond donors (Lipinski definition) is 1. The molecule has 0 bridgehead atoms. The minimum absolute atomic E-state index is 0.0944. The molecule has 3 rings (SSSR count). The molecule has 126 valence electrons. The Morgan fingerprint density at radius 1 is 1.12 bits per heavy atom. The van der Waals surface area contributed by atoms with Crippen LogP contribution in [0.4, 0.5) is 4.39 Å². The van der Waals surface area contributed by atoms with Gasteiger partial charge in [-0.1, -0.05) is 84.4 Å². The molecular formula is C20H20BrClFN.